The third-order valence-electron chi connectivity index (χ3n) is 4.26. The van der Waals surface area contributed by atoms with Crippen molar-refractivity contribution in [2.45, 2.75) is 104 Å². The number of rotatable bonds is 17. The Labute approximate surface area is 139 Å². The minimum atomic E-state index is 0.750. The van der Waals surface area contributed by atoms with Crippen LogP contribution in [0.15, 0.2) is 12.2 Å². The maximum atomic E-state index is 10.2. The van der Waals surface area contributed by atoms with Crippen LogP contribution in [0.2, 0.25) is 0 Å². The fraction of sp³-hybridized carbons (Fsp3) is 0.900. The van der Waals surface area contributed by atoms with Crippen LogP contribution in [0.4, 0.5) is 0 Å². The van der Waals surface area contributed by atoms with Gasteiger partial charge in [-0.2, -0.15) is 0 Å². The van der Waals surface area contributed by atoms with Gasteiger partial charge in [-0.1, -0.05) is 77.4 Å². The third-order valence-corrected chi connectivity index (χ3v) is 4.26. The average molecular weight is 312 g/mol. The molecule has 0 aliphatic heterocycles. The number of hydrogen-bond donors (Lipinski definition) is 1. The van der Waals surface area contributed by atoms with E-state index in [0.29, 0.717) is 0 Å². The van der Waals surface area contributed by atoms with Gasteiger partial charge in [0.2, 0.25) is 0 Å². The number of allylic oxidation sites excluding steroid dienone is 2. The highest BCUT2D eigenvalue weighted by Gasteiger charge is 1.94. The van der Waals surface area contributed by atoms with E-state index >= 15 is 0 Å². The maximum Gasteiger partial charge on any atom is 0.0752 e. The number of nitrogens with two attached hydrogens (primary N) is 1. The van der Waals surface area contributed by atoms with Crippen molar-refractivity contribution in [2.24, 2.45) is 5.92 Å². The number of hydrogen-bond acceptors (Lipinski definition) is 1. The zero-order chi connectivity index (χ0) is 16.3. The molecule has 0 fully saturated rings. The van der Waals surface area contributed by atoms with E-state index in [2.05, 4.69) is 26.0 Å². The van der Waals surface area contributed by atoms with Gasteiger partial charge in [-0.3, -0.25) is 0 Å². The highest BCUT2D eigenvalue weighted by Crippen LogP contribution is 2.12. The summed E-state index contributed by atoms with van der Waals surface area (Å²) in [6.45, 7) is 5.39. The summed E-state index contributed by atoms with van der Waals surface area (Å²) >= 11 is 0. The van der Waals surface area contributed by atoms with Crippen LogP contribution in [0.25, 0.3) is 0 Å². The molecule has 2 nitrogen and oxygen atoms in total. The lowest BCUT2D eigenvalue weighted by Crippen LogP contribution is -2.77. The number of hydroxylamine groups is 1. The summed E-state index contributed by atoms with van der Waals surface area (Å²) in [6.07, 6.45) is 23.4. The van der Waals surface area contributed by atoms with Gasteiger partial charge in [0, 0.05) is 0 Å². The van der Waals surface area contributed by atoms with Crippen molar-refractivity contribution in [3.05, 3.63) is 17.4 Å². The molecule has 0 rings (SSSR count). The Kier molecular flexibility index (Phi) is 18.4. The second-order valence-electron chi connectivity index (χ2n) is 7.08. The Morgan fingerprint density at radius 3 is 1.64 bits per heavy atom. The molecule has 0 spiro atoms. The summed E-state index contributed by atoms with van der Waals surface area (Å²) in [5.74, 6) is 0.874. The molecule has 22 heavy (non-hydrogen) atoms. The normalized spacial score (nSPS) is 11.8. The van der Waals surface area contributed by atoms with Gasteiger partial charge in [-0.15, -0.1) is 0 Å². The number of unbranched alkanes of at least 4 members (excludes halogenated alkanes) is 11. The summed E-state index contributed by atoms with van der Waals surface area (Å²) in [5, 5.41) is 10.2. The van der Waals surface area contributed by atoms with Gasteiger partial charge in [0.25, 0.3) is 0 Å². The van der Waals surface area contributed by atoms with Crippen LogP contribution in [0.1, 0.15) is 104 Å². The number of quaternary nitrogens is 1. The van der Waals surface area contributed by atoms with Crippen molar-refractivity contribution in [1.82, 2.24) is 0 Å². The molecular formula is C20H41NO. The molecular weight excluding hydrogens is 270 g/mol. The zero-order valence-corrected chi connectivity index (χ0v) is 15.3. The van der Waals surface area contributed by atoms with E-state index in [1.165, 1.54) is 83.5 Å². The van der Waals surface area contributed by atoms with E-state index in [1.807, 2.05) is 0 Å². The molecule has 0 saturated carbocycles. The molecule has 0 aliphatic carbocycles. The quantitative estimate of drug-likeness (QED) is 0.208. The van der Waals surface area contributed by atoms with Crippen molar-refractivity contribution < 1.29 is 5.48 Å². The zero-order valence-electron chi connectivity index (χ0n) is 15.3. The molecule has 0 aromatic heterocycles. The minimum absolute atomic E-state index is 0.750. The molecule has 0 amide bonds. The van der Waals surface area contributed by atoms with Gasteiger partial charge in [-0.05, 0) is 44.4 Å². The second-order valence-corrected chi connectivity index (χ2v) is 7.08. The molecule has 0 aromatic carbocycles. The molecule has 0 atom stereocenters. The summed E-state index contributed by atoms with van der Waals surface area (Å²) in [7, 11) is 0. The SMILES string of the molecule is CC(C)CCCCCCCC=CCCCCCCCC[NH2+][O-]. The Bertz CT molecular complexity index is 226. The average Bonchev–Trinajstić information content (AvgIpc) is 2.50. The second kappa shape index (κ2) is 18.7. The lowest BCUT2D eigenvalue weighted by atomic mass is 10.0. The monoisotopic (exact) mass is 311 g/mol. The molecule has 0 heterocycles. The van der Waals surface area contributed by atoms with Gasteiger partial charge in [0.15, 0.2) is 0 Å². The predicted molar refractivity (Wildman–Crippen MR) is 98.8 cm³/mol. The topological polar surface area (TPSA) is 39.7 Å². The van der Waals surface area contributed by atoms with Crippen LogP contribution in [0.5, 0.6) is 0 Å². The van der Waals surface area contributed by atoms with E-state index < -0.39 is 0 Å². The van der Waals surface area contributed by atoms with E-state index in [9.17, 15) is 5.21 Å². The Hall–Kier alpha value is -0.340. The lowest BCUT2D eigenvalue weighted by Gasteiger charge is -2.03. The summed E-state index contributed by atoms with van der Waals surface area (Å²) in [6, 6.07) is 0. The van der Waals surface area contributed by atoms with Crippen molar-refractivity contribution in [2.75, 3.05) is 6.54 Å². The molecule has 0 bridgehead atoms. The Morgan fingerprint density at radius 1 is 0.682 bits per heavy atom. The molecule has 0 unspecified atom stereocenters. The predicted octanol–water partition coefficient (Wildman–Crippen LogP) is 5.72. The lowest BCUT2D eigenvalue weighted by molar-refractivity contribution is -0.589. The summed E-state index contributed by atoms with van der Waals surface area (Å²) in [5.41, 5.74) is 1.04. The summed E-state index contributed by atoms with van der Waals surface area (Å²) < 4.78 is 0. The van der Waals surface area contributed by atoms with E-state index in [1.54, 1.807) is 0 Å². The first-order chi connectivity index (χ1) is 10.8. The molecule has 0 saturated heterocycles. The van der Waals surface area contributed by atoms with E-state index in [0.717, 1.165) is 24.4 Å². The molecule has 2 heteroatoms. The van der Waals surface area contributed by atoms with Crippen molar-refractivity contribution in [3.63, 3.8) is 0 Å². The molecule has 0 aliphatic rings. The highest BCUT2D eigenvalue weighted by atomic mass is 16.5. The van der Waals surface area contributed by atoms with Crippen LogP contribution < -0.4 is 5.48 Å². The molecule has 2 N–H and O–H groups in total. The van der Waals surface area contributed by atoms with Gasteiger partial charge >= 0.3 is 0 Å². The van der Waals surface area contributed by atoms with E-state index in [4.69, 9.17) is 0 Å². The van der Waals surface area contributed by atoms with Gasteiger partial charge in [-0.25, -0.2) is 0 Å². The third kappa shape index (κ3) is 19.7. The fourth-order valence-electron chi connectivity index (χ4n) is 2.78. The van der Waals surface area contributed by atoms with Crippen LogP contribution in [-0.4, -0.2) is 6.54 Å². The largest absolute Gasteiger partial charge is 0.636 e. The molecule has 0 aromatic rings. The first-order valence-corrected chi connectivity index (χ1v) is 9.86. The smallest absolute Gasteiger partial charge is 0.0752 e. The Balaban J connectivity index is 3.06. The van der Waals surface area contributed by atoms with Crippen molar-refractivity contribution >= 4 is 0 Å². The first kappa shape index (κ1) is 21.7. The summed E-state index contributed by atoms with van der Waals surface area (Å²) in [4.78, 5) is 0. The van der Waals surface area contributed by atoms with Crippen LogP contribution in [0, 0.1) is 11.1 Å². The Morgan fingerprint density at radius 2 is 1.14 bits per heavy atom. The maximum absolute atomic E-state index is 10.2. The molecule has 0 radical (unpaired) electrons. The first-order valence-electron chi connectivity index (χ1n) is 9.86. The van der Waals surface area contributed by atoms with Crippen LogP contribution in [0.3, 0.4) is 0 Å². The molecule has 132 valence electrons. The fourth-order valence-corrected chi connectivity index (χ4v) is 2.78. The minimum Gasteiger partial charge on any atom is -0.636 e. The highest BCUT2D eigenvalue weighted by molar-refractivity contribution is 4.81. The standard InChI is InChI=1S/C20H41NO/c1-20(2)18-16-14-12-10-8-6-4-3-5-7-9-11-13-15-17-19-21-22/h3-4,20H,5-19,21H2,1-2H3. The van der Waals surface area contributed by atoms with Gasteiger partial charge < -0.3 is 10.7 Å². The van der Waals surface area contributed by atoms with Crippen LogP contribution >= 0.6 is 0 Å². The van der Waals surface area contributed by atoms with Crippen molar-refractivity contribution in [1.29, 1.82) is 0 Å². The van der Waals surface area contributed by atoms with Crippen molar-refractivity contribution in [3.8, 4) is 0 Å². The van der Waals surface area contributed by atoms with E-state index in [-0.39, 0.29) is 0 Å². The van der Waals surface area contributed by atoms with Crippen LogP contribution in [-0.2, 0) is 0 Å². The van der Waals surface area contributed by atoms with Gasteiger partial charge in [0.1, 0.15) is 0 Å². The van der Waals surface area contributed by atoms with Gasteiger partial charge in [0.05, 0.1) is 6.54 Å².